The lowest BCUT2D eigenvalue weighted by atomic mass is 10.0. The van der Waals surface area contributed by atoms with Crippen LogP contribution in [0.15, 0.2) is 12.1 Å². The van der Waals surface area contributed by atoms with Crippen molar-refractivity contribution in [3.63, 3.8) is 0 Å². The van der Waals surface area contributed by atoms with Crippen LogP contribution in [0, 0.1) is 26.7 Å². The second-order valence-electron chi connectivity index (χ2n) is 4.66. The second kappa shape index (κ2) is 5.90. The van der Waals surface area contributed by atoms with Gasteiger partial charge in [0, 0.05) is 12.2 Å². The maximum Gasteiger partial charge on any atom is 0.0399 e. The molecule has 0 aliphatic heterocycles. The minimum Gasteiger partial charge on any atom is -0.384 e. The summed E-state index contributed by atoms with van der Waals surface area (Å²) >= 11 is 0. The van der Waals surface area contributed by atoms with E-state index < -0.39 is 0 Å². The summed E-state index contributed by atoms with van der Waals surface area (Å²) in [5, 5.41) is 3.53. The van der Waals surface area contributed by atoms with E-state index in [1.165, 1.54) is 22.4 Å². The van der Waals surface area contributed by atoms with E-state index >= 15 is 0 Å². The van der Waals surface area contributed by atoms with Crippen molar-refractivity contribution >= 4 is 5.69 Å². The first-order valence-electron chi connectivity index (χ1n) is 6.10. The summed E-state index contributed by atoms with van der Waals surface area (Å²) in [5.74, 6) is 0.570. The SMILES string of the molecule is CCC(CN)CNc1c(C)cc(C)cc1C. The van der Waals surface area contributed by atoms with E-state index in [9.17, 15) is 0 Å². The zero-order valence-corrected chi connectivity index (χ0v) is 10.9. The van der Waals surface area contributed by atoms with Gasteiger partial charge < -0.3 is 11.1 Å². The van der Waals surface area contributed by atoms with Crippen LogP contribution >= 0.6 is 0 Å². The van der Waals surface area contributed by atoms with E-state index in [1.807, 2.05) is 0 Å². The quantitative estimate of drug-likeness (QED) is 0.800. The maximum atomic E-state index is 5.71. The number of nitrogens with two attached hydrogens (primary N) is 1. The monoisotopic (exact) mass is 220 g/mol. The van der Waals surface area contributed by atoms with Gasteiger partial charge in [-0.15, -0.1) is 0 Å². The number of hydrogen-bond donors (Lipinski definition) is 2. The van der Waals surface area contributed by atoms with Crippen molar-refractivity contribution in [3.05, 3.63) is 28.8 Å². The fraction of sp³-hybridized carbons (Fsp3) is 0.571. The molecular formula is C14H24N2. The predicted octanol–water partition coefficient (Wildman–Crippen LogP) is 3.01. The number of nitrogens with one attached hydrogen (secondary N) is 1. The van der Waals surface area contributed by atoms with E-state index in [2.05, 4.69) is 45.1 Å². The molecule has 2 heteroatoms. The van der Waals surface area contributed by atoms with Crippen LogP contribution in [0.4, 0.5) is 5.69 Å². The van der Waals surface area contributed by atoms with Crippen LogP contribution < -0.4 is 11.1 Å². The lowest BCUT2D eigenvalue weighted by molar-refractivity contribution is 0.548. The first kappa shape index (κ1) is 13.0. The Kier molecular flexibility index (Phi) is 4.81. The molecule has 0 saturated carbocycles. The summed E-state index contributed by atoms with van der Waals surface area (Å²) in [6.45, 7) is 10.4. The molecule has 0 aliphatic carbocycles. The summed E-state index contributed by atoms with van der Waals surface area (Å²) in [6.07, 6.45) is 1.13. The van der Waals surface area contributed by atoms with Gasteiger partial charge in [0.2, 0.25) is 0 Å². The van der Waals surface area contributed by atoms with Gasteiger partial charge in [0.25, 0.3) is 0 Å². The lowest BCUT2D eigenvalue weighted by Crippen LogP contribution is -2.22. The van der Waals surface area contributed by atoms with E-state index in [-0.39, 0.29) is 0 Å². The Balaban J connectivity index is 2.74. The van der Waals surface area contributed by atoms with Crippen molar-refractivity contribution in [1.29, 1.82) is 0 Å². The average Bonchev–Trinajstić information content (AvgIpc) is 2.22. The van der Waals surface area contributed by atoms with Crippen LogP contribution in [-0.2, 0) is 0 Å². The van der Waals surface area contributed by atoms with Crippen LogP contribution in [0.1, 0.15) is 30.0 Å². The van der Waals surface area contributed by atoms with Gasteiger partial charge in [0.05, 0.1) is 0 Å². The molecule has 3 N–H and O–H groups in total. The highest BCUT2D eigenvalue weighted by atomic mass is 14.9. The van der Waals surface area contributed by atoms with Crippen molar-refractivity contribution in [2.45, 2.75) is 34.1 Å². The molecule has 90 valence electrons. The first-order valence-corrected chi connectivity index (χ1v) is 6.10. The number of rotatable bonds is 5. The molecule has 2 nitrogen and oxygen atoms in total. The Morgan fingerprint density at radius 1 is 1.19 bits per heavy atom. The highest BCUT2D eigenvalue weighted by molar-refractivity contribution is 5.58. The fourth-order valence-electron chi connectivity index (χ4n) is 2.10. The highest BCUT2D eigenvalue weighted by Crippen LogP contribution is 2.22. The predicted molar refractivity (Wildman–Crippen MR) is 72.0 cm³/mol. The minimum absolute atomic E-state index is 0.570. The molecule has 0 aliphatic rings. The molecule has 0 bridgehead atoms. The zero-order valence-electron chi connectivity index (χ0n) is 10.9. The van der Waals surface area contributed by atoms with Crippen LogP contribution in [-0.4, -0.2) is 13.1 Å². The van der Waals surface area contributed by atoms with Gasteiger partial charge in [0.1, 0.15) is 0 Å². The Morgan fingerprint density at radius 3 is 2.19 bits per heavy atom. The molecule has 0 saturated heterocycles. The van der Waals surface area contributed by atoms with E-state index in [0.717, 1.165) is 19.5 Å². The number of aryl methyl sites for hydroxylation is 3. The van der Waals surface area contributed by atoms with Gasteiger partial charge in [0.15, 0.2) is 0 Å². The molecule has 1 atom stereocenters. The standard InChI is InChI=1S/C14H24N2/c1-5-13(8-15)9-16-14-11(3)6-10(2)7-12(14)4/h6-7,13,16H,5,8-9,15H2,1-4H3. The van der Waals surface area contributed by atoms with Crippen molar-refractivity contribution in [1.82, 2.24) is 0 Å². The average molecular weight is 220 g/mol. The van der Waals surface area contributed by atoms with Gasteiger partial charge in [-0.2, -0.15) is 0 Å². The van der Waals surface area contributed by atoms with Gasteiger partial charge in [-0.1, -0.05) is 31.0 Å². The third-order valence-corrected chi connectivity index (χ3v) is 3.16. The first-order chi connectivity index (χ1) is 7.58. The molecule has 0 amide bonds. The third kappa shape index (κ3) is 3.24. The van der Waals surface area contributed by atoms with Crippen LogP contribution in [0.3, 0.4) is 0 Å². The highest BCUT2D eigenvalue weighted by Gasteiger charge is 2.07. The smallest absolute Gasteiger partial charge is 0.0399 e. The topological polar surface area (TPSA) is 38.0 Å². The van der Waals surface area contributed by atoms with E-state index in [0.29, 0.717) is 5.92 Å². The van der Waals surface area contributed by atoms with Gasteiger partial charge in [-0.3, -0.25) is 0 Å². The molecule has 0 spiro atoms. The largest absolute Gasteiger partial charge is 0.384 e. The van der Waals surface area contributed by atoms with Crippen LogP contribution in [0.5, 0.6) is 0 Å². The molecule has 1 aromatic carbocycles. The minimum atomic E-state index is 0.570. The second-order valence-corrected chi connectivity index (χ2v) is 4.66. The Hall–Kier alpha value is -1.02. The Bertz CT molecular complexity index is 318. The van der Waals surface area contributed by atoms with Gasteiger partial charge in [-0.25, -0.2) is 0 Å². The van der Waals surface area contributed by atoms with Crippen molar-refractivity contribution < 1.29 is 0 Å². The number of hydrogen-bond acceptors (Lipinski definition) is 2. The normalized spacial score (nSPS) is 12.6. The van der Waals surface area contributed by atoms with Crippen molar-refractivity contribution in [2.24, 2.45) is 11.7 Å². The molecule has 0 radical (unpaired) electrons. The molecule has 0 aromatic heterocycles. The molecule has 0 fully saturated rings. The fourth-order valence-corrected chi connectivity index (χ4v) is 2.10. The molecule has 1 rings (SSSR count). The van der Waals surface area contributed by atoms with Crippen LogP contribution in [0.25, 0.3) is 0 Å². The summed E-state index contributed by atoms with van der Waals surface area (Å²) in [6, 6.07) is 4.44. The summed E-state index contributed by atoms with van der Waals surface area (Å²) < 4.78 is 0. The van der Waals surface area contributed by atoms with Crippen molar-refractivity contribution in [3.8, 4) is 0 Å². The van der Waals surface area contributed by atoms with E-state index in [4.69, 9.17) is 5.73 Å². The molecule has 1 unspecified atom stereocenters. The van der Waals surface area contributed by atoms with Crippen molar-refractivity contribution in [2.75, 3.05) is 18.4 Å². The number of benzene rings is 1. The summed E-state index contributed by atoms with van der Waals surface area (Å²) in [5.41, 5.74) is 11.0. The van der Waals surface area contributed by atoms with Gasteiger partial charge >= 0.3 is 0 Å². The molecule has 16 heavy (non-hydrogen) atoms. The zero-order chi connectivity index (χ0) is 12.1. The molecule has 1 aromatic rings. The van der Waals surface area contributed by atoms with E-state index in [1.54, 1.807) is 0 Å². The number of anilines is 1. The van der Waals surface area contributed by atoms with Gasteiger partial charge in [-0.05, 0) is 44.4 Å². The lowest BCUT2D eigenvalue weighted by Gasteiger charge is -2.18. The third-order valence-electron chi connectivity index (χ3n) is 3.16. The maximum absolute atomic E-state index is 5.71. The Labute approximate surface area is 99.2 Å². The van der Waals surface area contributed by atoms with Crippen LogP contribution in [0.2, 0.25) is 0 Å². The summed E-state index contributed by atoms with van der Waals surface area (Å²) in [7, 11) is 0. The summed E-state index contributed by atoms with van der Waals surface area (Å²) in [4.78, 5) is 0. The Morgan fingerprint density at radius 2 is 1.75 bits per heavy atom. The molecular weight excluding hydrogens is 196 g/mol. The molecule has 0 heterocycles.